The lowest BCUT2D eigenvalue weighted by molar-refractivity contribution is -0.383. The first-order valence-corrected chi connectivity index (χ1v) is 8.56. The van der Waals surface area contributed by atoms with Gasteiger partial charge in [0.2, 0.25) is 0 Å². The number of benzene rings is 2. The first kappa shape index (κ1) is 16.3. The normalized spacial score (nSPS) is 15.4. The van der Waals surface area contributed by atoms with Crippen LogP contribution in [0.5, 0.6) is 0 Å². The van der Waals surface area contributed by atoms with Crippen molar-refractivity contribution in [2.45, 2.75) is 25.3 Å². The van der Waals surface area contributed by atoms with E-state index in [1.807, 2.05) is 54.0 Å². The Bertz CT molecular complexity index is 1060. The molecule has 1 fully saturated rings. The molecule has 0 N–H and O–H groups in total. The van der Waals surface area contributed by atoms with Crippen LogP contribution in [-0.2, 0) is 5.54 Å². The van der Waals surface area contributed by atoms with Crippen LogP contribution in [0.25, 0.3) is 10.9 Å². The van der Waals surface area contributed by atoms with Gasteiger partial charge in [0.15, 0.2) is 5.78 Å². The molecule has 3 aromatic rings. The molecule has 0 amide bonds. The molecule has 0 spiro atoms. The molecule has 130 valence electrons. The van der Waals surface area contributed by atoms with Crippen molar-refractivity contribution >= 4 is 22.4 Å². The average molecular weight is 346 g/mol. The number of hydrogen-bond acceptors (Lipinski definition) is 3. The molecule has 1 heterocycles. The van der Waals surface area contributed by atoms with Gasteiger partial charge in [-0.3, -0.25) is 14.9 Å². The van der Waals surface area contributed by atoms with E-state index in [0.717, 1.165) is 23.9 Å². The van der Waals surface area contributed by atoms with Gasteiger partial charge in [-0.05, 0) is 43.5 Å². The molecule has 1 saturated carbocycles. The van der Waals surface area contributed by atoms with Crippen molar-refractivity contribution in [2.75, 3.05) is 0 Å². The summed E-state index contributed by atoms with van der Waals surface area (Å²) in [4.78, 5) is 23.6. The van der Waals surface area contributed by atoms with Crippen LogP contribution in [0.3, 0.4) is 0 Å². The molecular weight excluding hydrogens is 328 g/mol. The largest absolute Gasteiger partial charge is 0.331 e. The Hall–Kier alpha value is -3.21. The van der Waals surface area contributed by atoms with E-state index in [2.05, 4.69) is 0 Å². The second-order valence-corrected chi connectivity index (χ2v) is 6.77. The first-order chi connectivity index (χ1) is 12.5. The number of para-hydroxylation sites is 1. The number of aryl methyl sites for hydroxylation is 1. The Morgan fingerprint density at radius 3 is 2.54 bits per heavy atom. The van der Waals surface area contributed by atoms with Gasteiger partial charge in [-0.25, -0.2) is 0 Å². The minimum atomic E-state index is -0.355. The second kappa shape index (κ2) is 5.95. The highest BCUT2D eigenvalue weighted by Crippen LogP contribution is 2.48. The summed E-state index contributed by atoms with van der Waals surface area (Å²) in [6.07, 6.45) is 6.83. The van der Waals surface area contributed by atoms with Crippen LogP contribution in [-0.4, -0.2) is 15.3 Å². The maximum Gasteiger partial charge on any atom is 0.294 e. The van der Waals surface area contributed by atoms with E-state index in [1.165, 1.54) is 0 Å². The van der Waals surface area contributed by atoms with E-state index >= 15 is 0 Å². The van der Waals surface area contributed by atoms with Crippen molar-refractivity contribution in [1.29, 1.82) is 0 Å². The van der Waals surface area contributed by atoms with Gasteiger partial charge in [-0.2, -0.15) is 0 Å². The molecule has 2 aromatic carbocycles. The number of ketones is 1. The molecule has 26 heavy (non-hydrogen) atoms. The highest BCUT2D eigenvalue weighted by molar-refractivity contribution is 6.05. The minimum absolute atomic E-state index is 0.0414. The summed E-state index contributed by atoms with van der Waals surface area (Å²) < 4.78 is 1.95. The number of nitrogens with zero attached hydrogens (tertiary/aromatic N) is 2. The predicted octanol–water partition coefficient (Wildman–Crippen LogP) is 4.79. The first-order valence-electron chi connectivity index (χ1n) is 8.56. The summed E-state index contributed by atoms with van der Waals surface area (Å²) in [5, 5.41) is 12.0. The number of carbonyl (C=O) groups is 1. The van der Waals surface area contributed by atoms with Crippen molar-refractivity contribution < 1.29 is 9.72 Å². The maximum atomic E-state index is 12.5. The average Bonchev–Trinajstić information content (AvgIpc) is 3.32. The van der Waals surface area contributed by atoms with Crippen LogP contribution in [0.1, 0.15) is 28.8 Å². The molecule has 1 aliphatic rings. The number of aromatic nitrogens is 1. The summed E-state index contributed by atoms with van der Waals surface area (Å²) in [6.45, 7) is 1.91. The Balaban J connectivity index is 1.72. The number of nitro groups is 1. The summed E-state index contributed by atoms with van der Waals surface area (Å²) in [6, 6.07) is 14.8. The summed E-state index contributed by atoms with van der Waals surface area (Å²) in [7, 11) is 0. The van der Waals surface area contributed by atoms with Gasteiger partial charge >= 0.3 is 0 Å². The Labute approximate surface area is 150 Å². The van der Waals surface area contributed by atoms with E-state index in [4.69, 9.17) is 0 Å². The molecule has 1 aromatic heterocycles. The van der Waals surface area contributed by atoms with E-state index in [0.29, 0.717) is 10.9 Å². The number of carbonyl (C=O) groups excluding carboxylic acids is 1. The molecule has 0 saturated heterocycles. The monoisotopic (exact) mass is 346 g/mol. The third-order valence-corrected chi connectivity index (χ3v) is 5.09. The lowest BCUT2D eigenvalue weighted by Crippen LogP contribution is -2.13. The number of allylic oxidation sites excluding steroid dienone is 2. The number of hydrogen-bond donors (Lipinski definition) is 0. The van der Waals surface area contributed by atoms with Gasteiger partial charge in [0.1, 0.15) is 0 Å². The van der Waals surface area contributed by atoms with Crippen molar-refractivity contribution in [3.8, 4) is 0 Å². The number of rotatable bonds is 5. The predicted molar refractivity (Wildman–Crippen MR) is 100 cm³/mol. The van der Waals surface area contributed by atoms with Crippen molar-refractivity contribution in [1.82, 2.24) is 4.57 Å². The van der Waals surface area contributed by atoms with Gasteiger partial charge in [0.05, 0.1) is 27.6 Å². The zero-order valence-electron chi connectivity index (χ0n) is 14.4. The second-order valence-electron chi connectivity index (χ2n) is 6.77. The molecule has 0 aliphatic heterocycles. The van der Waals surface area contributed by atoms with Gasteiger partial charge in [-0.15, -0.1) is 0 Å². The third kappa shape index (κ3) is 2.62. The number of fused-ring (bicyclic) bond motifs is 1. The maximum absolute atomic E-state index is 12.5. The molecule has 4 rings (SSSR count). The molecule has 0 unspecified atom stereocenters. The summed E-state index contributed by atoms with van der Waals surface area (Å²) >= 11 is 0. The Morgan fingerprint density at radius 2 is 1.85 bits per heavy atom. The van der Waals surface area contributed by atoms with Crippen molar-refractivity contribution in [3.63, 3.8) is 0 Å². The third-order valence-electron chi connectivity index (χ3n) is 5.09. The summed E-state index contributed by atoms with van der Waals surface area (Å²) in [5.41, 5.74) is 2.19. The highest BCUT2D eigenvalue weighted by Gasteiger charge is 2.44. The fraction of sp³-hybridized carbons (Fsp3) is 0.190. The van der Waals surface area contributed by atoms with E-state index in [9.17, 15) is 14.9 Å². The van der Waals surface area contributed by atoms with Crippen LogP contribution < -0.4 is 0 Å². The molecule has 0 bridgehead atoms. The van der Waals surface area contributed by atoms with Gasteiger partial charge in [-0.1, -0.05) is 42.5 Å². The molecular formula is C21H18N2O3. The minimum Gasteiger partial charge on any atom is -0.331 e. The quantitative estimate of drug-likeness (QED) is 0.289. The standard InChI is InChI=1S/C21H18N2O3/c1-15-6-2-3-7-16(15)20(24)10-11-21(12-13-21)22-14-19(23(25)26)17-8-4-5-9-18(17)22/h2-11,14H,12-13H2,1H3/b11-10+. The SMILES string of the molecule is Cc1ccccc1C(=O)/C=C/C1(n2cc([N+](=O)[O-])c3ccccc32)CC1. The van der Waals surface area contributed by atoms with Crippen LogP contribution in [0, 0.1) is 17.0 Å². The lowest BCUT2D eigenvalue weighted by atomic mass is 10.0. The zero-order valence-corrected chi connectivity index (χ0v) is 14.4. The van der Waals surface area contributed by atoms with Crippen molar-refractivity contribution in [2.24, 2.45) is 0 Å². The summed E-state index contributed by atoms with van der Waals surface area (Å²) in [5.74, 6) is -0.0414. The van der Waals surface area contributed by atoms with E-state index < -0.39 is 0 Å². The van der Waals surface area contributed by atoms with Crippen LogP contribution >= 0.6 is 0 Å². The highest BCUT2D eigenvalue weighted by atomic mass is 16.6. The van der Waals surface area contributed by atoms with Crippen LogP contribution in [0.2, 0.25) is 0 Å². The van der Waals surface area contributed by atoms with E-state index in [-0.39, 0.29) is 21.9 Å². The zero-order chi connectivity index (χ0) is 18.3. The fourth-order valence-corrected chi connectivity index (χ4v) is 3.46. The van der Waals surface area contributed by atoms with Crippen LogP contribution in [0.4, 0.5) is 5.69 Å². The fourth-order valence-electron chi connectivity index (χ4n) is 3.46. The van der Waals surface area contributed by atoms with E-state index in [1.54, 1.807) is 24.4 Å². The molecule has 5 heteroatoms. The molecule has 0 radical (unpaired) electrons. The topological polar surface area (TPSA) is 65.1 Å². The van der Waals surface area contributed by atoms with Gasteiger partial charge in [0, 0.05) is 5.56 Å². The Morgan fingerprint density at radius 1 is 1.15 bits per heavy atom. The molecule has 0 atom stereocenters. The van der Waals surface area contributed by atoms with Gasteiger partial charge < -0.3 is 4.57 Å². The van der Waals surface area contributed by atoms with Crippen molar-refractivity contribution in [3.05, 3.63) is 88.1 Å². The molecule has 1 aliphatic carbocycles. The molecule has 5 nitrogen and oxygen atoms in total. The lowest BCUT2D eigenvalue weighted by Gasteiger charge is -2.14. The Kier molecular flexibility index (Phi) is 3.72. The smallest absolute Gasteiger partial charge is 0.294 e. The van der Waals surface area contributed by atoms with Crippen LogP contribution in [0.15, 0.2) is 66.9 Å². The van der Waals surface area contributed by atoms with Gasteiger partial charge in [0.25, 0.3) is 5.69 Å².